The van der Waals surface area contributed by atoms with Gasteiger partial charge in [0.15, 0.2) is 0 Å². The number of aromatic nitrogens is 4. The van der Waals surface area contributed by atoms with Gasteiger partial charge in [-0.3, -0.25) is 19.9 Å². The Bertz CT molecular complexity index is 1010. The molecule has 26 heavy (non-hydrogen) atoms. The lowest BCUT2D eigenvalue weighted by molar-refractivity contribution is -0.119. The van der Waals surface area contributed by atoms with Crippen molar-refractivity contribution in [2.24, 2.45) is 0 Å². The van der Waals surface area contributed by atoms with Gasteiger partial charge in [-0.1, -0.05) is 5.16 Å². The molecule has 0 aliphatic carbocycles. The Kier molecular flexibility index (Phi) is 4.29. The molecule has 1 aliphatic rings. The Hall–Kier alpha value is -2.94. The number of anilines is 1. The van der Waals surface area contributed by atoms with Crippen LogP contribution in [-0.4, -0.2) is 25.8 Å². The van der Waals surface area contributed by atoms with E-state index in [1.54, 1.807) is 49.3 Å². The zero-order valence-electron chi connectivity index (χ0n) is 13.9. The summed E-state index contributed by atoms with van der Waals surface area (Å²) in [7, 11) is 0. The maximum absolute atomic E-state index is 12.6. The first-order valence-corrected chi connectivity index (χ1v) is 9.15. The number of thioether (sulfide) groups is 1. The smallest absolute Gasteiger partial charge is 0.267 e. The van der Waals surface area contributed by atoms with Gasteiger partial charge in [0.2, 0.25) is 5.88 Å². The molecule has 0 saturated carbocycles. The topological polar surface area (TPSA) is 103 Å². The summed E-state index contributed by atoms with van der Waals surface area (Å²) in [6, 6.07) is 5.79. The molecule has 0 bridgehead atoms. The summed E-state index contributed by atoms with van der Waals surface area (Å²) >= 11 is 1.71. The molecule has 1 amide bonds. The van der Waals surface area contributed by atoms with Crippen LogP contribution in [0.2, 0.25) is 0 Å². The number of rotatable bonds is 4. The second-order valence-electron chi connectivity index (χ2n) is 5.83. The maximum atomic E-state index is 12.6. The van der Waals surface area contributed by atoms with E-state index in [1.165, 1.54) is 6.07 Å². The summed E-state index contributed by atoms with van der Waals surface area (Å²) in [5.74, 6) is 1.49. The number of amides is 1. The normalized spacial score (nSPS) is 14.0. The van der Waals surface area contributed by atoms with Crippen molar-refractivity contribution in [3.63, 3.8) is 0 Å². The quantitative estimate of drug-likeness (QED) is 0.752. The number of hydrogen-bond acceptors (Lipinski definition) is 7. The first-order valence-electron chi connectivity index (χ1n) is 8.00. The Morgan fingerprint density at radius 2 is 2.08 bits per heavy atom. The van der Waals surface area contributed by atoms with Gasteiger partial charge in [-0.25, -0.2) is 4.68 Å². The number of fused-ring (bicyclic) bond motifs is 1. The van der Waals surface area contributed by atoms with Gasteiger partial charge in [-0.15, -0.1) is 0 Å². The van der Waals surface area contributed by atoms with Gasteiger partial charge < -0.3 is 4.52 Å². The summed E-state index contributed by atoms with van der Waals surface area (Å²) in [4.78, 5) is 28.8. The molecule has 1 N–H and O–H groups in total. The van der Waals surface area contributed by atoms with Crippen LogP contribution in [0.4, 0.5) is 5.88 Å². The van der Waals surface area contributed by atoms with E-state index < -0.39 is 6.04 Å². The van der Waals surface area contributed by atoms with Crippen molar-refractivity contribution in [1.29, 1.82) is 0 Å². The molecule has 4 heterocycles. The number of hydrogen-bond donors (Lipinski definition) is 1. The summed E-state index contributed by atoms with van der Waals surface area (Å²) in [6.45, 7) is 1.62. The number of carbonyl (C=O) groups excluding carboxylic acids is 1. The minimum Gasteiger partial charge on any atom is -0.338 e. The Morgan fingerprint density at radius 1 is 1.27 bits per heavy atom. The SMILES string of the molecule is CC(C(=O)Nc1onc2c1CSC2)n1nc(-c2ccncc2)ccc1=O. The molecule has 1 unspecified atom stereocenters. The standard InChI is InChI=1S/C17H15N5O3S/c1-10(16(24)19-17-12-8-26-9-14(12)21-25-17)22-15(23)3-2-13(20-22)11-4-6-18-7-5-11/h2-7,10H,8-9H2,1H3,(H,19,24). The zero-order chi connectivity index (χ0) is 18.1. The van der Waals surface area contributed by atoms with Crippen LogP contribution in [-0.2, 0) is 16.3 Å². The number of nitrogens with one attached hydrogen (secondary N) is 1. The van der Waals surface area contributed by atoms with E-state index in [9.17, 15) is 9.59 Å². The van der Waals surface area contributed by atoms with Gasteiger partial charge in [-0.05, 0) is 25.1 Å². The van der Waals surface area contributed by atoms with Crippen LogP contribution in [0.1, 0.15) is 24.2 Å². The average molecular weight is 369 g/mol. The number of carbonyl (C=O) groups is 1. The molecule has 9 heteroatoms. The molecule has 4 rings (SSSR count). The third kappa shape index (κ3) is 3.01. The van der Waals surface area contributed by atoms with Crippen molar-refractivity contribution in [3.05, 3.63) is 58.3 Å². The molecule has 0 radical (unpaired) electrons. The third-order valence-electron chi connectivity index (χ3n) is 4.14. The lowest BCUT2D eigenvalue weighted by Crippen LogP contribution is -2.33. The van der Waals surface area contributed by atoms with Gasteiger partial charge in [-0.2, -0.15) is 16.9 Å². The van der Waals surface area contributed by atoms with E-state index in [0.717, 1.165) is 33.0 Å². The second kappa shape index (κ2) is 6.75. The van der Waals surface area contributed by atoms with Crippen LogP contribution < -0.4 is 10.9 Å². The largest absolute Gasteiger partial charge is 0.338 e. The molecule has 1 atom stereocenters. The van der Waals surface area contributed by atoms with Crippen molar-refractivity contribution < 1.29 is 9.32 Å². The van der Waals surface area contributed by atoms with E-state index in [1.807, 2.05) is 0 Å². The van der Waals surface area contributed by atoms with Crippen LogP contribution in [0.15, 0.2) is 46.0 Å². The third-order valence-corrected chi connectivity index (χ3v) is 5.11. The minimum atomic E-state index is -0.806. The van der Waals surface area contributed by atoms with Crippen LogP contribution in [0.3, 0.4) is 0 Å². The lowest BCUT2D eigenvalue weighted by atomic mass is 10.2. The molecular weight excluding hydrogens is 354 g/mol. The zero-order valence-corrected chi connectivity index (χ0v) is 14.7. The fourth-order valence-corrected chi connectivity index (χ4v) is 3.68. The molecule has 1 aliphatic heterocycles. The van der Waals surface area contributed by atoms with Gasteiger partial charge in [0.05, 0.1) is 17.0 Å². The van der Waals surface area contributed by atoms with E-state index in [4.69, 9.17) is 4.52 Å². The fourth-order valence-electron chi connectivity index (χ4n) is 2.66. The maximum Gasteiger partial charge on any atom is 0.267 e. The van der Waals surface area contributed by atoms with Crippen LogP contribution in [0.5, 0.6) is 0 Å². The molecular formula is C17H15N5O3S. The average Bonchev–Trinajstić information content (AvgIpc) is 3.27. The van der Waals surface area contributed by atoms with Gasteiger partial charge >= 0.3 is 0 Å². The Morgan fingerprint density at radius 3 is 2.88 bits per heavy atom. The number of nitrogens with zero attached hydrogens (tertiary/aromatic N) is 4. The summed E-state index contributed by atoms with van der Waals surface area (Å²) in [5.41, 5.74) is 2.80. The van der Waals surface area contributed by atoms with Crippen LogP contribution in [0, 0.1) is 0 Å². The molecule has 3 aromatic rings. The molecule has 132 valence electrons. The first kappa shape index (κ1) is 16.5. The summed E-state index contributed by atoms with van der Waals surface area (Å²) < 4.78 is 6.37. The monoisotopic (exact) mass is 369 g/mol. The van der Waals surface area contributed by atoms with E-state index in [2.05, 4.69) is 20.6 Å². The van der Waals surface area contributed by atoms with E-state index in [-0.39, 0.29) is 11.5 Å². The van der Waals surface area contributed by atoms with E-state index >= 15 is 0 Å². The highest BCUT2D eigenvalue weighted by molar-refractivity contribution is 7.98. The van der Waals surface area contributed by atoms with Gasteiger partial charge in [0.1, 0.15) is 6.04 Å². The highest BCUT2D eigenvalue weighted by Crippen LogP contribution is 2.34. The highest BCUT2D eigenvalue weighted by atomic mass is 32.2. The van der Waals surface area contributed by atoms with Crippen LogP contribution >= 0.6 is 11.8 Å². The lowest BCUT2D eigenvalue weighted by Gasteiger charge is -2.14. The van der Waals surface area contributed by atoms with Crippen molar-refractivity contribution in [2.45, 2.75) is 24.5 Å². The van der Waals surface area contributed by atoms with Gasteiger partial charge in [0, 0.05) is 35.5 Å². The predicted molar refractivity (Wildman–Crippen MR) is 96.6 cm³/mol. The molecule has 0 aromatic carbocycles. The number of pyridine rings is 1. The Balaban J connectivity index is 1.60. The molecule has 0 spiro atoms. The molecule has 0 fully saturated rings. The Labute approximate surface area is 152 Å². The molecule has 3 aromatic heterocycles. The predicted octanol–water partition coefficient (Wildman–Crippen LogP) is 2.24. The van der Waals surface area contributed by atoms with Crippen molar-refractivity contribution in [1.82, 2.24) is 19.9 Å². The van der Waals surface area contributed by atoms with Crippen LogP contribution in [0.25, 0.3) is 11.3 Å². The minimum absolute atomic E-state index is 0.347. The molecule has 0 saturated heterocycles. The van der Waals surface area contributed by atoms with Crippen molar-refractivity contribution in [2.75, 3.05) is 5.32 Å². The van der Waals surface area contributed by atoms with E-state index in [0.29, 0.717) is 11.6 Å². The first-order chi connectivity index (χ1) is 12.6. The molecule has 8 nitrogen and oxygen atoms in total. The van der Waals surface area contributed by atoms with Gasteiger partial charge in [0.25, 0.3) is 11.5 Å². The highest BCUT2D eigenvalue weighted by Gasteiger charge is 2.25. The summed E-state index contributed by atoms with van der Waals surface area (Å²) in [6.07, 6.45) is 3.29. The summed E-state index contributed by atoms with van der Waals surface area (Å²) in [5, 5.41) is 11.0. The van der Waals surface area contributed by atoms with Crippen molar-refractivity contribution >= 4 is 23.6 Å². The van der Waals surface area contributed by atoms with Crippen molar-refractivity contribution in [3.8, 4) is 11.3 Å². The second-order valence-corrected chi connectivity index (χ2v) is 6.82. The fraction of sp³-hybridized carbons (Fsp3) is 0.235.